The molecule has 1 aliphatic rings. The Bertz CT molecular complexity index is 450. The van der Waals surface area contributed by atoms with E-state index < -0.39 is 0 Å². The third-order valence-electron chi connectivity index (χ3n) is 4.01. The van der Waals surface area contributed by atoms with Gasteiger partial charge in [0.05, 0.1) is 18.8 Å². The van der Waals surface area contributed by atoms with Gasteiger partial charge in [-0.1, -0.05) is 35.4 Å². The summed E-state index contributed by atoms with van der Waals surface area (Å²) in [5.74, 6) is 0. The topological polar surface area (TPSA) is 61.2 Å². The summed E-state index contributed by atoms with van der Waals surface area (Å²) in [6, 6.07) is 10.8. The van der Waals surface area contributed by atoms with Crippen molar-refractivity contribution in [3.63, 3.8) is 0 Å². The fourth-order valence-corrected chi connectivity index (χ4v) is 2.60. The minimum Gasteiger partial charge on any atom is -0.376 e. The molecule has 5 heteroatoms. The number of ether oxygens (including phenoxy) is 1. The van der Waals surface area contributed by atoms with Crippen molar-refractivity contribution < 1.29 is 4.74 Å². The van der Waals surface area contributed by atoms with Gasteiger partial charge in [0.15, 0.2) is 0 Å². The number of benzene rings is 1. The average molecular weight is 274 g/mol. The molecule has 1 aromatic rings. The lowest BCUT2D eigenvalue weighted by Crippen LogP contribution is -2.43. The monoisotopic (exact) mass is 274 g/mol. The Labute approximate surface area is 120 Å². The second-order valence-corrected chi connectivity index (χ2v) is 5.45. The van der Waals surface area contributed by atoms with Crippen LogP contribution >= 0.6 is 0 Å². The Morgan fingerprint density at radius 1 is 1.40 bits per heavy atom. The van der Waals surface area contributed by atoms with Crippen LogP contribution in [-0.4, -0.2) is 36.7 Å². The van der Waals surface area contributed by atoms with Crippen molar-refractivity contribution in [1.29, 1.82) is 0 Å². The fraction of sp³-hybridized carbons (Fsp3) is 0.600. The van der Waals surface area contributed by atoms with Crippen molar-refractivity contribution in [3.05, 3.63) is 46.3 Å². The lowest BCUT2D eigenvalue weighted by molar-refractivity contribution is -0.0398. The highest BCUT2D eigenvalue weighted by molar-refractivity contribution is 5.14. The van der Waals surface area contributed by atoms with Crippen molar-refractivity contribution in [2.45, 2.75) is 44.5 Å². The molecule has 5 nitrogen and oxygen atoms in total. The van der Waals surface area contributed by atoms with E-state index in [9.17, 15) is 0 Å². The van der Waals surface area contributed by atoms with Gasteiger partial charge in [-0.15, -0.1) is 0 Å². The van der Waals surface area contributed by atoms with E-state index in [0.29, 0.717) is 12.6 Å². The molecule has 1 saturated heterocycles. The molecule has 2 rings (SSSR count). The van der Waals surface area contributed by atoms with Gasteiger partial charge < -0.3 is 4.74 Å². The van der Waals surface area contributed by atoms with E-state index in [4.69, 9.17) is 10.3 Å². The van der Waals surface area contributed by atoms with Crippen molar-refractivity contribution in [2.24, 2.45) is 5.11 Å². The van der Waals surface area contributed by atoms with Gasteiger partial charge in [0.25, 0.3) is 0 Å². The maximum Gasteiger partial charge on any atom is 0.0727 e. The fourth-order valence-electron chi connectivity index (χ4n) is 2.60. The number of azide groups is 1. The van der Waals surface area contributed by atoms with E-state index in [1.807, 2.05) is 6.07 Å². The zero-order chi connectivity index (χ0) is 14.4. The van der Waals surface area contributed by atoms with Crippen LogP contribution in [0.2, 0.25) is 0 Å². The Morgan fingerprint density at radius 2 is 2.15 bits per heavy atom. The van der Waals surface area contributed by atoms with Crippen LogP contribution in [0, 0.1) is 0 Å². The van der Waals surface area contributed by atoms with E-state index in [0.717, 1.165) is 19.4 Å². The lowest BCUT2D eigenvalue weighted by Gasteiger charge is -2.35. The Hall–Kier alpha value is -1.55. The highest BCUT2D eigenvalue weighted by Crippen LogP contribution is 2.22. The van der Waals surface area contributed by atoms with E-state index in [2.05, 4.69) is 53.2 Å². The molecule has 0 amide bonds. The van der Waals surface area contributed by atoms with Gasteiger partial charge in [-0.25, -0.2) is 0 Å². The van der Waals surface area contributed by atoms with Crippen LogP contribution < -0.4 is 0 Å². The predicted molar refractivity (Wildman–Crippen MR) is 79.3 cm³/mol. The summed E-state index contributed by atoms with van der Waals surface area (Å²) < 4.78 is 5.86. The first kappa shape index (κ1) is 14.9. The van der Waals surface area contributed by atoms with E-state index in [1.54, 1.807) is 0 Å². The number of hydrogen-bond donors (Lipinski definition) is 0. The number of hydrogen-bond acceptors (Lipinski definition) is 3. The van der Waals surface area contributed by atoms with Gasteiger partial charge in [0, 0.05) is 17.5 Å². The molecule has 0 saturated carbocycles. The zero-order valence-corrected chi connectivity index (χ0v) is 12.1. The van der Waals surface area contributed by atoms with Gasteiger partial charge in [0.2, 0.25) is 0 Å². The molecule has 1 heterocycles. The first-order chi connectivity index (χ1) is 9.70. The maximum absolute atomic E-state index is 8.44. The Kier molecular flexibility index (Phi) is 5.41. The van der Waals surface area contributed by atoms with Gasteiger partial charge in [-0.05, 0) is 37.9 Å². The molecular weight excluding hydrogens is 252 g/mol. The summed E-state index contributed by atoms with van der Waals surface area (Å²) in [6.45, 7) is 3.65. The summed E-state index contributed by atoms with van der Waals surface area (Å²) in [7, 11) is 2.13. The molecule has 1 aliphatic heterocycles. The third-order valence-corrected chi connectivity index (χ3v) is 4.01. The van der Waals surface area contributed by atoms with Crippen molar-refractivity contribution in [1.82, 2.24) is 4.90 Å². The highest BCUT2D eigenvalue weighted by Gasteiger charge is 2.27. The molecular formula is C15H22N4O. The van der Waals surface area contributed by atoms with Crippen LogP contribution in [-0.2, 0) is 11.3 Å². The molecule has 0 N–H and O–H groups in total. The third kappa shape index (κ3) is 3.97. The van der Waals surface area contributed by atoms with Crippen LogP contribution in [0.1, 0.15) is 25.3 Å². The van der Waals surface area contributed by atoms with E-state index in [-0.39, 0.29) is 12.1 Å². The van der Waals surface area contributed by atoms with E-state index >= 15 is 0 Å². The average Bonchev–Trinajstić information content (AvgIpc) is 2.48. The van der Waals surface area contributed by atoms with Crippen molar-refractivity contribution in [2.75, 3.05) is 13.7 Å². The SMILES string of the molecule is C[C@@H]([C@@H]1CCC(N=[N+]=[N-])CO1)N(C)Cc1ccccc1. The zero-order valence-electron chi connectivity index (χ0n) is 12.1. The lowest BCUT2D eigenvalue weighted by atomic mass is 9.99. The molecule has 1 unspecified atom stereocenters. The van der Waals surface area contributed by atoms with Crippen molar-refractivity contribution in [3.8, 4) is 0 Å². The highest BCUT2D eigenvalue weighted by atomic mass is 16.5. The smallest absolute Gasteiger partial charge is 0.0727 e. The normalized spacial score (nSPS) is 24.1. The van der Waals surface area contributed by atoms with E-state index in [1.165, 1.54) is 5.56 Å². The van der Waals surface area contributed by atoms with Crippen LogP contribution in [0.3, 0.4) is 0 Å². The summed E-state index contributed by atoms with van der Waals surface area (Å²) in [4.78, 5) is 5.17. The quantitative estimate of drug-likeness (QED) is 0.469. The number of nitrogens with zero attached hydrogens (tertiary/aromatic N) is 4. The molecule has 1 aromatic carbocycles. The minimum atomic E-state index is 0.00267. The van der Waals surface area contributed by atoms with Gasteiger partial charge in [-0.3, -0.25) is 4.90 Å². The van der Waals surface area contributed by atoms with Gasteiger partial charge in [0.1, 0.15) is 0 Å². The largest absolute Gasteiger partial charge is 0.376 e. The standard InChI is InChI=1S/C15H22N4O/c1-12(15-9-8-14(11-20-15)17-18-16)19(2)10-13-6-4-3-5-7-13/h3-7,12,14-15H,8-11H2,1-2H3/t12-,14?,15-/m0/s1. The Morgan fingerprint density at radius 3 is 2.75 bits per heavy atom. The molecule has 0 radical (unpaired) electrons. The number of likely N-dealkylation sites (N-methyl/N-ethyl adjacent to an activating group) is 1. The van der Waals surface area contributed by atoms with Crippen LogP contribution in [0.5, 0.6) is 0 Å². The first-order valence-electron chi connectivity index (χ1n) is 7.10. The minimum absolute atomic E-state index is 0.00267. The summed E-state index contributed by atoms with van der Waals surface area (Å²) in [5.41, 5.74) is 9.75. The second-order valence-electron chi connectivity index (χ2n) is 5.45. The number of rotatable bonds is 5. The summed E-state index contributed by atoms with van der Waals surface area (Å²) in [5, 5.41) is 3.73. The molecule has 1 fully saturated rings. The summed E-state index contributed by atoms with van der Waals surface area (Å²) >= 11 is 0. The predicted octanol–water partition coefficient (Wildman–Crippen LogP) is 3.36. The molecule has 3 atom stereocenters. The summed E-state index contributed by atoms with van der Waals surface area (Å²) in [6.07, 6.45) is 2.08. The molecule has 108 valence electrons. The van der Waals surface area contributed by atoms with Gasteiger partial charge in [-0.2, -0.15) is 0 Å². The van der Waals surface area contributed by atoms with Crippen LogP contribution in [0.4, 0.5) is 0 Å². The van der Waals surface area contributed by atoms with Gasteiger partial charge >= 0.3 is 0 Å². The second kappa shape index (κ2) is 7.29. The molecule has 0 bridgehead atoms. The van der Waals surface area contributed by atoms with Crippen LogP contribution in [0.15, 0.2) is 35.4 Å². The molecule has 20 heavy (non-hydrogen) atoms. The molecule has 0 spiro atoms. The van der Waals surface area contributed by atoms with Crippen molar-refractivity contribution >= 4 is 0 Å². The molecule has 0 aromatic heterocycles. The Balaban J connectivity index is 1.85. The molecule has 0 aliphatic carbocycles. The maximum atomic E-state index is 8.44. The first-order valence-corrected chi connectivity index (χ1v) is 7.10. The van der Waals surface area contributed by atoms with Crippen LogP contribution in [0.25, 0.3) is 10.4 Å².